The van der Waals surface area contributed by atoms with E-state index in [0.29, 0.717) is 0 Å². The number of hydrogen-bond donors (Lipinski definition) is 2. The van der Waals surface area contributed by atoms with Crippen LogP contribution in [0.5, 0.6) is 0 Å². The second-order valence-electron chi connectivity index (χ2n) is 4.72. The summed E-state index contributed by atoms with van der Waals surface area (Å²) in [4.78, 5) is 11.1. The smallest absolute Gasteiger partial charge is 0.243 e. The largest absolute Gasteiger partial charge is 0.359 e. The summed E-state index contributed by atoms with van der Waals surface area (Å²) >= 11 is 0. The quantitative estimate of drug-likeness (QED) is 0.844. The maximum atomic E-state index is 13.4. The number of benzene rings is 1. The van der Waals surface area contributed by atoms with E-state index in [9.17, 15) is 17.6 Å². The summed E-state index contributed by atoms with van der Waals surface area (Å²) in [5.41, 5.74) is -0.924. The molecule has 2 N–H and O–H groups in total. The average molecular weight is 288 g/mol. The van der Waals surface area contributed by atoms with Crippen molar-refractivity contribution in [2.45, 2.75) is 18.7 Å². The van der Waals surface area contributed by atoms with Crippen molar-refractivity contribution in [2.24, 2.45) is 5.41 Å². The highest BCUT2D eigenvalue weighted by Gasteiger charge is 2.29. The van der Waals surface area contributed by atoms with Crippen molar-refractivity contribution in [2.75, 3.05) is 13.6 Å². The van der Waals surface area contributed by atoms with Crippen LogP contribution in [0.2, 0.25) is 0 Å². The molecule has 1 aromatic carbocycles. The number of carbonyl (C=O) groups excluding carboxylic acids is 1. The van der Waals surface area contributed by atoms with Gasteiger partial charge in [-0.2, -0.15) is 0 Å². The number of hydrogen-bond acceptors (Lipinski definition) is 3. The van der Waals surface area contributed by atoms with Crippen LogP contribution in [-0.4, -0.2) is 27.9 Å². The van der Waals surface area contributed by atoms with Crippen molar-refractivity contribution in [1.29, 1.82) is 0 Å². The van der Waals surface area contributed by atoms with E-state index in [-0.39, 0.29) is 12.5 Å². The molecule has 0 saturated carbocycles. The first-order valence-corrected chi connectivity index (χ1v) is 7.15. The number of rotatable bonds is 5. The zero-order valence-electron chi connectivity index (χ0n) is 11.0. The minimum Gasteiger partial charge on any atom is -0.359 e. The molecule has 0 aromatic heterocycles. The summed E-state index contributed by atoms with van der Waals surface area (Å²) in [6.07, 6.45) is 0. The minimum atomic E-state index is -3.97. The lowest BCUT2D eigenvalue weighted by Crippen LogP contribution is -2.43. The fourth-order valence-corrected chi connectivity index (χ4v) is 2.72. The van der Waals surface area contributed by atoms with Crippen LogP contribution in [0.1, 0.15) is 13.8 Å². The molecule has 0 heterocycles. The van der Waals surface area contributed by atoms with Crippen molar-refractivity contribution < 1.29 is 17.6 Å². The van der Waals surface area contributed by atoms with Gasteiger partial charge in [-0.05, 0) is 26.0 Å². The first kappa shape index (κ1) is 15.6. The van der Waals surface area contributed by atoms with Crippen molar-refractivity contribution in [1.82, 2.24) is 10.0 Å². The Hall–Kier alpha value is -1.47. The van der Waals surface area contributed by atoms with Crippen LogP contribution in [0.15, 0.2) is 29.2 Å². The van der Waals surface area contributed by atoms with E-state index in [0.717, 1.165) is 6.07 Å². The molecule has 106 valence electrons. The summed E-state index contributed by atoms with van der Waals surface area (Å²) < 4.78 is 39.5. The number of halogens is 1. The molecule has 0 aliphatic heterocycles. The molecule has 7 heteroatoms. The predicted molar refractivity (Wildman–Crippen MR) is 69.4 cm³/mol. The van der Waals surface area contributed by atoms with Crippen molar-refractivity contribution >= 4 is 15.9 Å². The fraction of sp³-hybridized carbons (Fsp3) is 0.417. The SMILES string of the molecule is CNC(=O)C(C)(C)CNS(=O)(=O)c1ccccc1F. The van der Waals surface area contributed by atoms with Crippen molar-refractivity contribution in [3.63, 3.8) is 0 Å². The Morgan fingerprint density at radius 2 is 1.89 bits per heavy atom. The molecule has 0 aliphatic rings. The van der Waals surface area contributed by atoms with E-state index in [4.69, 9.17) is 0 Å². The second-order valence-corrected chi connectivity index (χ2v) is 6.45. The molecule has 0 radical (unpaired) electrons. The molecule has 0 aliphatic carbocycles. The third-order valence-electron chi connectivity index (χ3n) is 2.67. The Bertz CT molecular complexity index is 570. The van der Waals surface area contributed by atoms with Gasteiger partial charge in [0.15, 0.2) is 0 Å². The van der Waals surface area contributed by atoms with Crippen molar-refractivity contribution in [3.05, 3.63) is 30.1 Å². The van der Waals surface area contributed by atoms with E-state index < -0.39 is 26.2 Å². The molecular formula is C12H17FN2O3S. The molecule has 1 rings (SSSR count). The van der Waals surface area contributed by atoms with Gasteiger partial charge in [0, 0.05) is 13.6 Å². The van der Waals surface area contributed by atoms with Gasteiger partial charge in [0.2, 0.25) is 15.9 Å². The summed E-state index contributed by atoms with van der Waals surface area (Å²) in [5.74, 6) is -1.13. The molecule has 0 spiro atoms. The molecule has 0 unspecified atom stereocenters. The Morgan fingerprint density at radius 1 is 1.32 bits per heavy atom. The zero-order chi connectivity index (χ0) is 14.7. The average Bonchev–Trinajstić information content (AvgIpc) is 2.36. The lowest BCUT2D eigenvalue weighted by molar-refractivity contribution is -0.128. The predicted octanol–water partition coefficient (Wildman–Crippen LogP) is 0.876. The summed E-state index contributed by atoms with van der Waals surface area (Å²) in [7, 11) is -2.50. The monoisotopic (exact) mass is 288 g/mol. The van der Waals surface area contributed by atoms with Crippen LogP contribution in [0.25, 0.3) is 0 Å². The van der Waals surface area contributed by atoms with Gasteiger partial charge >= 0.3 is 0 Å². The van der Waals surface area contributed by atoms with Crippen LogP contribution >= 0.6 is 0 Å². The summed E-state index contributed by atoms with van der Waals surface area (Å²) in [6, 6.07) is 5.08. The molecule has 0 saturated heterocycles. The highest BCUT2D eigenvalue weighted by molar-refractivity contribution is 7.89. The topological polar surface area (TPSA) is 75.3 Å². The van der Waals surface area contributed by atoms with Gasteiger partial charge < -0.3 is 5.32 Å². The maximum absolute atomic E-state index is 13.4. The first-order chi connectivity index (χ1) is 8.70. The van der Waals surface area contributed by atoms with Gasteiger partial charge in [-0.15, -0.1) is 0 Å². The highest BCUT2D eigenvalue weighted by Crippen LogP contribution is 2.17. The molecular weight excluding hydrogens is 271 g/mol. The van der Waals surface area contributed by atoms with Crippen LogP contribution < -0.4 is 10.0 Å². The molecule has 0 bridgehead atoms. The van der Waals surface area contributed by atoms with Crippen LogP contribution in [0, 0.1) is 11.2 Å². The lowest BCUT2D eigenvalue weighted by Gasteiger charge is -2.22. The van der Waals surface area contributed by atoms with Crippen molar-refractivity contribution in [3.8, 4) is 0 Å². The molecule has 0 atom stereocenters. The van der Waals surface area contributed by atoms with Crippen LogP contribution in [0.3, 0.4) is 0 Å². The Balaban J connectivity index is 2.89. The number of nitrogens with one attached hydrogen (secondary N) is 2. The number of carbonyl (C=O) groups is 1. The minimum absolute atomic E-state index is 0.122. The first-order valence-electron chi connectivity index (χ1n) is 5.67. The van der Waals surface area contributed by atoms with Gasteiger partial charge in [0.1, 0.15) is 10.7 Å². The molecule has 1 aromatic rings. The Kier molecular flexibility index (Phi) is 4.65. The second kappa shape index (κ2) is 5.66. The Labute approximate surface area is 112 Å². The van der Waals surface area contributed by atoms with E-state index >= 15 is 0 Å². The van der Waals surface area contributed by atoms with Gasteiger partial charge in [-0.3, -0.25) is 4.79 Å². The van der Waals surface area contributed by atoms with Gasteiger partial charge in [0.05, 0.1) is 5.41 Å². The summed E-state index contributed by atoms with van der Waals surface area (Å²) in [5, 5.41) is 2.44. The van der Waals surface area contributed by atoms with E-state index in [1.807, 2.05) is 0 Å². The van der Waals surface area contributed by atoms with Gasteiger partial charge in [0.25, 0.3) is 0 Å². The van der Waals surface area contributed by atoms with Gasteiger partial charge in [-0.1, -0.05) is 12.1 Å². The number of sulfonamides is 1. The van der Waals surface area contributed by atoms with Crippen LogP contribution in [-0.2, 0) is 14.8 Å². The van der Waals surface area contributed by atoms with E-state index in [2.05, 4.69) is 10.0 Å². The van der Waals surface area contributed by atoms with Gasteiger partial charge in [-0.25, -0.2) is 17.5 Å². The molecule has 1 amide bonds. The highest BCUT2D eigenvalue weighted by atomic mass is 32.2. The lowest BCUT2D eigenvalue weighted by atomic mass is 9.93. The summed E-state index contributed by atoms with van der Waals surface area (Å²) in [6.45, 7) is 3.06. The van der Waals surface area contributed by atoms with E-state index in [1.165, 1.54) is 25.2 Å². The fourth-order valence-electron chi connectivity index (χ4n) is 1.43. The molecule has 0 fully saturated rings. The maximum Gasteiger partial charge on any atom is 0.243 e. The Morgan fingerprint density at radius 3 is 2.42 bits per heavy atom. The van der Waals surface area contributed by atoms with Crippen LogP contribution in [0.4, 0.5) is 4.39 Å². The third-order valence-corrected chi connectivity index (χ3v) is 4.11. The third kappa shape index (κ3) is 3.74. The standard InChI is InChI=1S/C12H17FN2O3S/c1-12(2,11(16)14-3)8-15-19(17,18)10-7-5-4-6-9(10)13/h4-7,15H,8H2,1-3H3,(H,14,16). The molecule has 19 heavy (non-hydrogen) atoms. The molecule has 5 nitrogen and oxygen atoms in total. The normalized spacial score (nSPS) is 12.2. The number of amides is 1. The van der Waals surface area contributed by atoms with E-state index in [1.54, 1.807) is 13.8 Å². The zero-order valence-corrected chi connectivity index (χ0v) is 11.8.